The van der Waals surface area contributed by atoms with Crippen LogP contribution in [0.4, 0.5) is 0 Å². The molecule has 0 unspecified atom stereocenters. The van der Waals surface area contributed by atoms with Gasteiger partial charge >= 0.3 is 0 Å². The molecule has 0 aliphatic carbocycles. The third-order valence-corrected chi connectivity index (χ3v) is 8.42. The molecule has 0 radical (unpaired) electrons. The maximum Gasteiger partial charge on any atom is 0.243 e. The summed E-state index contributed by atoms with van der Waals surface area (Å²) in [4.78, 5) is 2.39. The van der Waals surface area contributed by atoms with Crippen LogP contribution in [-0.4, -0.2) is 43.8 Å². The summed E-state index contributed by atoms with van der Waals surface area (Å²) in [6.45, 7) is 3.16. The zero-order valence-corrected chi connectivity index (χ0v) is 20.8. The summed E-state index contributed by atoms with van der Waals surface area (Å²) in [5.74, 6) is 0.818. The Morgan fingerprint density at radius 1 is 0.818 bits per heavy atom. The van der Waals surface area contributed by atoms with Gasteiger partial charge in [0.25, 0.3) is 0 Å². The molecule has 1 aliphatic rings. The van der Waals surface area contributed by atoms with Crippen LogP contribution in [0.1, 0.15) is 11.1 Å². The van der Waals surface area contributed by atoms with Crippen molar-refractivity contribution in [3.05, 3.63) is 92.9 Å². The van der Waals surface area contributed by atoms with Gasteiger partial charge in [-0.05, 0) is 42.0 Å². The first-order valence-corrected chi connectivity index (χ1v) is 13.0. The van der Waals surface area contributed by atoms with Crippen LogP contribution >= 0.6 is 34.8 Å². The minimum atomic E-state index is -3.62. The van der Waals surface area contributed by atoms with E-state index in [1.54, 1.807) is 0 Å². The molecule has 0 aromatic heterocycles. The largest absolute Gasteiger partial charge is 0.489 e. The second-order valence-corrected chi connectivity index (χ2v) is 11.0. The van der Waals surface area contributed by atoms with E-state index >= 15 is 0 Å². The lowest BCUT2D eigenvalue weighted by Crippen LogP contribution is -2.48. The summed E-state index contributed by atoms with van der Waals surface area (Å²) < 4.78 is 33.5. The first-order chi connectivity index (χ1) is 15.8. The molecule has 0 spiro atoms. The van der Waals surface area contributed by atoms with Crippen molar-refractivity contribution in [1.29, 1.82) is 0 Å². The number of hydrogen-bond donors (Lipinski definition) is 0. The molecule has 9 heteroatoms. The molecule has 1 saturated heterocycles. The summed E-state index contributed by atoms with van der Waals surface area (Å²) in [6, 6.07) is 19.9. The lowest BCUT2D eigenvalue weighted by molar-refractivity contribution is 0.178. The standard InChI is InChI=1S/C24H23Cl3N2O3S/c25-20-7-5-18(6-8-20)17-32-24-4-2-1-3-19(24)16-28-11-13-29(14-12-28)33(30,31)21-9-10-22(26)23(27)15-21/h1-10,15H,11-14,16-17H2. The van der Waals surface area contributed by atoms with Crippen molar-refractivity contribution in [2.75, 3.05) is 26.2 Å². The van der Waals surface area contributed by atoms with Crippen LogP contribution in [0.15, 0.2) is 71.6 Å². The Kier molecular flexibility index (Phi) is 7.84. The Morgan fingerprint density at radius 3 is 2.21 bits per heavy atom. The highest BCUT2D eigenvalue weighted by Gasteiger charge is 2.29. The van der Waals surface area contributed by atoms with Crippen molar-refractivity contribution in [1.82, 2.24) is 9.21 Å². The molecule has 0 amide bonds. The van der Waals surface area contributed by atoms with Crippen molar-refractivity contribution in [3.8, 4) is 5.75 Å². The van der Waals surface area contributed by atoms with Gasteiger partial charge in [0.2, 0.25) is 10.0 Å². The van der Waals surface area contributed by atoms with Crippen molar-refractivity contribution in [2.45, 2.75) is 18.0 Å². The Bertz CT molecular complexity index is 1210. The third kappa shape index (κ3) is 6.01. The number of hydrogen-bond acceptors (Lipinski definition) is 4. The molecule has 0 bridgehead atoms. The van der Waals surface area contributed by atoms with Crippen molar-refractivity contribution < 1.29 is 13.2 Å². The van der Waals surface area contributed by atoms with Gasteiger partial charge in [0.15, 0.2) is 0 Å². The Hall–Kier alpha value is -1.80. The Labute approximate surface area is 209 Å². The van der Waals surface area contributed by atoms with Crippen LogP contribution < -0.4 is 4.74 Å². The van der Waals surface area contributed by atoms with Crippen molar-refractivity contribution in [3.63, 3.8) is 0 Å². The Morgan fingerprint density at radius 2 is 1.52 bits per heavy atom. The first kappa shape index (κ1) is 24.3. The molecule has 0 saturated carbocycles. The predicted octanol–water partition coefficient (Wildman–Crippen LogP) is 5.73. The molecule has 4 rings (SSSR count). The summed E-state index contributed by atoms with van der Waals surface area (Å²) >= 11 is 17.9. The zero-order chi connectivity index (χ0) is 23.4. The highest BCUT2D eigenvalue weighted by Crippen LogP contribution is 2.28. The van der Waals surface area contributed by atoms with E-state index in [1.165, 1.54) is 22.5 Å². The van der Waals surface area contributed by atoms with E-state index in [-0.39, 0.29) is 9.92 Å². The van der Waals surface area contributed by atoms with E-state index in [9.17, 15) is 8.42 Å². The summed E-state index contributed by atoms with van der Waals surface area (Å²) in [5.41, 5.74) is 2.10. The normalized spacial score (nSPS) is 15.5. The molecule has 0 atom stereocenters. The van der Waals surface area contributed by atoms with E-state index in [2.05, 4.69) is 4.90 Å². The second kappa shape index (κ2) is 10.6. The fourth-order valence-corrected chi connectivity index (χ4v) is 5.61. The lowest BCUT2D eigenvalue weighted by atomic mass is 10.1. The lowest BCUT2D eigenvalue weighted by Gasteiger charge is -2.34. The summed E-state index contributed by atoms with van der Waals surface area (Å²) in [6.07, 6.45) is 0. The number of para-hydroxylation sites is 1. The smallest absolute Gasteiger partial charge is 0.243 e. The molecule has 1 fully saturated rings. The van der Waals surface area contributed by atoms with Crippen molar-refractivity contribution in [2.24, 2.45) is 0 Å². The van der Waals surface area contributed by atoms with E-state index in [1.807, 2.05) is 48.5 Å². The molecule has 3 aromatic rings. The van der Waals surface area contributed by atoms with Crippen LogP contribution in [0, 0.1) is 0 Å². The molecule has 5 nitrogen and oxygen atoms in total. The van der Waals surface area contributed by atoms with Crippen LogP contribution in [0.3, 0.4) is 0 Å². The van der Waals surface area contributed by atoms with Crippen LogP contribution in [0.5, 0.6) is 5.75 Å². The van der Waals surface area contributed by atoms with Gasteiger partial charge < -0.3 is 4.74 Å². The number of sulfonamides is 1. The SMILES string of the molecule is O=S(=O)(c1ccc(Cl)c(Cl)c1)N1CCN(Cc2ccccc2OCc2ccc(Cl)cc2)CC1. The van der Waals surface area contributed by atoms with Crippen LogP contribution in [0.25, 0.3) is 0 Å². The van der Waals surface area contributed by atoms with Crippen LogP contribution in [0.2, 0.25) is 15.1 Å². The fourth-order valence-electron chi connectivity index (χ4n) is 3.67. The van der Waals surface area contributed by atoms with Gasteiger partial charge in [-0.15, -0.1) is 0 Å². The molecule has 33 heavy (non-hydrogen) atoms. The highest BCUT2D eigenvalue weighted by atomic mass is 35.5. The molecule has 1 heterocycles. The summed E-state index contributed by atoms with van der Waals surface area (Å²) in [5, 5.41) is 1.25. The molecular weight excluding hydrogens is 503 g/mol. The molecular formula is C24H23Cl3N2O3S. The average Bonchev–Trinajstić information content (AvgIpc) is 2.81. The van der Waals surface area contributed by atoms with Gasteiger partial charge in [0.1, 0.15) is 12.4 Å². The van der Waals surface area contributed by atoms with Gasteiger partial charge in [-0.1, -0.05) is 65.1 Å². The molecule has 174 valence electrons. The quantitative estimate of drug-likeness (QED) is 0.395. The number of halogens is 3. The van der Waals surface area contributed by atoms with Gasteiger partial charge in [-0.2, -0.15) is 4.31 Å². The average molecular weight is 526 g/mol. The molecule has 1 aliphatic heterocycles. The maximum atomic E-state index is 13.0. The first-order valence-electron chi connectivity index (χ1n) is 10.5. The second-order valence-electron chi connectivity index (χ2n) is 7.78. The number of piperazine rings is 1. The minimum absolute atomic E-state index is 0.159. The summed E-state index contributed by atoms with van der Waals surface area (Å²) in [7, 11) is -3.62. The van der Waals surface area contributed by atoms with E-state index in [0.717, 1.165) is 16.9 Å². The predicted molar refractivity (Wildman–Crippen MR) is 133 cm³/mol. The zero-order valence-electron chi connectivity index (χ0n) is 17.8. The fraction of sp³-hybridized carbons (Fsp3) is 0.250. The topological polar surface area (TPSA) is 49.9 Å². The maximum absolute atomic E-state index is 13.0. The van der Waals surface area contributed by atoms with Gasteiger partial charge in [-0.25, -0.2) is 8.42 Å². The monoisotopic (exact) mass is 524 g/mol. The van der Waals surface area contributed by atoms with E-state index in [4.69, 9.17) is 39.5 Å². The number of nitrogens with zero attached hydrogens (tertiary/aromatic N) is 2. The van der Waals surface area contributed by atoms with E-state index < -0.39 is 10.0 Å². The van der Waals surface area contributed by atoms with E-state index in [0.29, 0.717) is 49.4 Å². The van der Waals surface area contributed by atoms with Crippen molar-refractivity contribution >= 4 is 44.8 Å². The van der Waals surface area contributed by atoms with Gasteiger partial charge in [0, 0.05) is 43.3 Å². The Balaban J connectivity index is 1.37. The number of benzene rings is 3. The molecule has 3 aromatic carbocycles. The van der Waals surface area contributed by atoms with Gasteiger partial charge in [-0.3, -0.25) is 4.90 Å². The van der Waals surface area contributed by atoms with Crippen LogP contribution in [-0.2, 0) is 23.2 Å². The number of ether oxygens (including phenoxy) is 1. The highest BCUT2D eigenvalue weighted by molar-refractivity contribution is 7.89. The van der Waals surface area contributed by atoms with Gasteiger partial charge in [0.05, 0.1) is 14.9 Å². The molecule has 0 N–H and O–H groups in total. The third-order valence-electron chi connectivity index (χ3n) is 5.53. The number of rotatable bonds is 7. The minimum Gasteiger partial charge on any atom is -0.489 e.